The van der Waals surface area contributed by atoms with Crippen LogP contribution in [0, 0.1) is 0 Å². The first-order chi connectivity index (χ1) is 7.65. The molecular weight excluding hydrogens is 208 g/mol. The molecule has 0 spiro atoms. The molecule has 4 nitrogen and oxygen atoms in total. The Morgan fingerprint density at radius 1 is 1.38 bits per heavy atom. The molecule has 0 bridgehead atoms. The van der Waals surface area contributed by atoms with Gasteiger partial charge in [-0.05, 0) is 12.5 Å². The van der Waals surface area contributed by atoms with Crippen LogP contribution in [0.15, 0.2) is 30.3 Å². The van der Waals surface area contributed by atoms with E-state index in [4.69, 9.17) is 9.47 Å². The van der Waals surface area contributed by atoms with E-state index >= 15 is 0 Å². The highest BCUT2D eigenvalue weighted by Crippen LogP contribution is 2.23. The van der Waals surface area contributed by atoms with Gasteiger partial charge in [-0.25, -0.2) is 4.79 Å². The first-order valence-electron chi connectivity index (χ1n) is 5.09. The van der Waals surface area contributed by atoms with Crippen LogP contribution in [-0.4, -0.2) is 31.4 Å². The quantitative estimate of drug-likeness (QED) is 0.760. The maximum atomic E-state index is 11.7. The molecule has 16 heavy (non-hydrogen) atoms. The lowest BCUT2D eigenvalue weighted by Crippen LogP contribution is -2.41. The molecule has 0 aliphatic heterocycles. The summed E-state index contributed by atoms with van der Waals surface area (Å²) in [6.45, 7) is 1.78. The van der Waals surface area contributed by atoms with Crippen molar-refractivity contribution in [3.63, 3.8) is 0 Å². The topological polar surface area (TPSA) is 55.8 Å². The fourth-order valence-electron chi connectivity index (χ4n) is 1.43. The van der Waals surface area contributed by atoms with Gasteiger partial charge in [-0.1, -0.05) is 30.3 Å². The Morgan fingerprint density at radius 3 is 2.50 bits per heavy atom. The van der Waals surface area contributed by atoms with Crippen LogP contribution < -0.4 is 0 Å². The zero-order chi connectivity index (χ0) is 12.0. The molecule has 0 amide bonds. The molecule has 1 atom stereocenters. The van der Waals surface area contributed by atoms with Crippen LogP contribution >= 0.6 is 0 Å². The summed E-state index contributed by atoms with van der Waals surface area (Å²) in [4.78, 5) is 11.7. The Hall–Kier alpha value is -1.39. The predicted octanol–water partition coefficient (Wildman–Crippen LogP) is 1.08. The third kappa shape index (κ3) is 2.59. The summed E-state index contributed by atoms with van der Waals surface area (Å²) in [6.07, 6.45) is 0. The van der Waals surface area contributed by atoms with Gasteiger partial charge in [-0.15, -0.1) is 0 Å². The SMILES string of the molecule is CCOC(=O)C(O)(COC)c1ccccc1. The largest absolute Gasteiger partial charge is 0.464 e. The van der Waals surface area contributed by atoms with Crippen molar-refractivity contribution in [3.05, 3.63) is 35.9 Å². The van der Waals surface area contributed by atoms with Crippen LogP contribution in [0.3, 0.4) is 0 Å². The molecule has 4 heteroatoms. The van der Waals surface area contributed by atoms with E-state index in [-0.39, 0.29) is 13.2 Å². The molecule has 0 fully saturated rings. The fourth-order valence-corrected chi connectivity index (χ4v) is 1.43. The highest BCUT2D eigenvalue weighted by molar-refractivity contribution is 5.81. The van der Waals surface area contributed by atoms with Crippen molar-refractivity contribution in [2.45, 2.75) is 12.5 Å². The van der Waals surface area contributed by atoms with Gasteiger partial charge in [-0.3, -0.25) is 0 Å². The number of rotatable bonds is 5. The monoisotopic (exact) mass is 224 g/mol. The third-order valence-electron chi connectivity index (χ3n) is 2.22. The summed E-state index contributed by atoms with van der Waals surface area (Å²) in [7, 11) is 1.42. The number of methoxy groups -OCH3 is 1. The van der Waals surface area contributed by atoms with Crippen LogP contribution in [0.1, 0.15) is 12.5 Å². The molecule has 1 rings (SSSR count). The summed E-state index contributed by atoms with van der Waals surface area (Å²) >= 11 is 0. The normalized spacial score (nSPS) is 14.2. The smallest absolute Gasteiger partial charge is 0.345 e. The van der Waals surface area contributed by atoms with Crippen molar-refractivity contribution < 1.29 is 19.4 Å². The molecule has 1 aromatic rings. The van der Waals surface area contributed by atoms with Crippen molar-refractivity contribution in [1.29, 1.82) is 0 Å². The summed E-state index contributed by atoms with van der Waals surface area (Å²) in [5.74, 6) is -0.692. The summed E-state index contributed by atoms with van der Waals surface area (Å²) in [6, 6.07) is 8.62. The number of carbonyl (C=O) groups excluding carboxylic acids is 1. The lowest BCUT2D eigenvalue weighted by Gasteiger charge is -2.25. The second-order valence-corrected chi connectivity index (χ2v) is 3.38. The summed E-state index contributed by atoms with van der Waals surface area (Å²) in [5, 5.41) is 10.3. The zero-order valence-electron chi connectivity index (χ0n) is 9.47. The molecule has 0 radical (unpaired) electrons. The number of hydrogen-bond acceptors (Lipinski definition) is 4. The average Bonchev–Trinajstić information content (AvgIpc) is 2.30. The van der Waals surface area contributed by atoms with E-state index in [1.165, 1.54) is 7.11 Å². The van der Waals surface area contributed by atoms with E-state index in [1.807, 2.05) is 6.07 Å². The van der Waals surface area contributed by atoms with Gasteiger partial charge in [0.15, 0.2) is 0 Å². The highest BCUT2D eigenvalue weighted by Gasteiger charge is 2.39. The Labute approximate surface area is 94.8 Å². The van der Waals surface area contributed by atoms with Crippen molar-refractivity contribution in [2.75, 3.05) is 20.3 Å². The van der Waals surface area contributed by atoms with Gasteiger partial charge in [-0.2, -0.15) is 0 Å². The van der Waals surface area contributed by atoms with Gasteiger partial charge >= 0.3 is 5.97 Å². The number of esters is 1. The number of aliphatic hydroxyl groups is 1. The van der Waals surface area contributed by atoms with Gasteiger partial charge in [0.2, 0.25) is 5.60 Å². The van der Waals surface area contributed by atoms with Crippen LogP contribution in [0.2, 0.25) is 0 Å². The summed E-state index contributed by atoms with van der Waals surface area (Å²) in [5.41, 5.74) is -1.26. The van der Waals surface area contributed by atoms with E-state index in [9.17, 15) is 9.90 Å². The molecule has 0 saturated heterocycles. The Bertz CT molecular complexity index is 336. The maximum Gasteiger partial charge on any atom is 0.345 e. The van der Waals surface area contributed by atoms with E-state index < -0.39 is 11.6 Å². The maximum absolute atomic E-state index is 11.7. The number of ether oxygens (including phenoxy) is 2. The molecule has 0 heterocycles. The molecule has 1 unspecified atom stereocenters. The van der Waals surface area contributed by atoms with Crippen molar-refractivity contribution >= 4 is 5.97 Å². The van der Waals surface area contributed by atoms with E-state index in [2.05, 4.69) is 0 Å². The van der Waals surface area contributed by atoms with Gasteiger partial charge in [0, 0.05) is 7.11 Å². The van der Waals surface area contributed by atoms with Gasteiger partial charge in [0.25, 0.3) is 0 Å². The molecule has 0 aliphatic carbocycles. The van der Waals surface area contributed by atoms with Crippen LogP contribution in [0.4, 0.5) is 0 Å². The lowest BCUT2D eigenvalue weighted by molar-refractivity contribution is -0.172. The van der Waals surface area contributed by atoms with E-state index in [0.29, 0.717) is 5.56 Å². The number of carbonyl (C=O) groups is 1. The number of benzene rings is 1. The van der Waals surface area contributed by atoms with Crippen LogP contribution in [0.25, 0.3) is 0 Å². The molecule has 1 N–H and O–H groups in total. The molecular formula is C12H16O4. The Kier molecular flexibility index (Phi) is 4.46. The van der Waals surface area contributed by atoms with E-state index in [1.54, 1.807) is 31.2 Å². The Morgan fingerprint density at radius 2 is 2.00 bits per heavy atom. The second-order valence-electron chi connectivity index (χ2n) is 3.38. The van der Waals surface area contributed by atoms with E-state index in [0.717, 1.165) is 0 Å². The molecule has 0 saturated carbocycles. The second kappa shape index (κ2) is 5.63. The van der Waals surface area contributed by atoms with Crippen molar-refractivity contribution in [2.24, 2.45) is 0 Å². The average molecular weight is 224 g/mol. The fraction of sp³-hybridized carbons (Fsp3) is 0.417. The molecule has 88 valence electrons. The highest BCUT2D eigenvalue weighted by atomic mass is 16.6. The lowest BCUT2D eigenvalue weighted by atomic mass is 9.95. The van der Waals surface area contributed by atoms with Crippen LogP contribution in [-0.2, 0) is 19.9 Å². The first-order valence-corrected chi connectivity index (χ1v) is 5.09. The van der Waals surface area contributed by atoms with Gasteiger partial charge < -0.3 is 14.6 Å². The van der Waals surface area contributed by atoms with Gasteiger partial charge in [0.1, 0.15) is 0 Å². The summed E-state index contributed by atoms with van der Waals surface area (Å²) < 4.78 is 9.72. The Balaban J connectivity index is 3.01. The minimum absolute atomic E-state index is 0.129. The van der Waals surface area contributed by atoms with Gasteiger partial charge in [0.05, 0.1) is 13.2 Å². The van der Waals surface area contributed by atoms with Crippen molar-refractivity contribution in [3.8, 4) is 0 Å². The molecule has 1 aromatic carbocycles. The number of hydrogen-bond donors (Lipinski definition) is 1. The standard InChI is InChI=1S/C12H16O4/c1-3-16-11(13)12(14,9-15-2)10-7-5-4-6-8-10/h4-8,14H,3,9H2,1-2H3. The minimum Gasteiger partial charge on any atom is -0.464 e. The predicted molar refractivity (Wildman–Crippen MR) is 58.8 cm³/mol. The third-order valence-corrected chi connectivity index (χ3v) is 2.22. The minimum atomic E-state index is -1.73. The molecule has 0 aromatic heterocycles. The first kappa shape index (κ1) is 12.7. The van der Waals surface area contributed by atoms with Crippen LogP contribution in [0.5, 0.6) is 0 Å². The van der Waals surface area contributed by atoms with Crippen molar-refractivity contribution in [1.82, 2.24) is 0 Å². The molecule has 0 aliphatic rings. The zero-order valence-corrected chi connectivity index (χ0v) is 9.47.